The van der Waals surface area contributed by atoms with Gasteiger partial charge in [0.1, 0.15) is 18.1 Å². The molecule has 0 unspecified atom stereocenters. The fourth-order valence-corrected chi connectivity index (χ4v) is 4.24. The standard InChI is InChI=1S/C27H27NO7/c1-32-24-11-9-20(22-14-19(15-26(29)30)8-10-25(22)33-2)23-16-28(13-12-21(23)24)35-27(31)34-17-18-6-4-3-5-7-18/h3-11,14H,12-13,15-17H2,1-2H3,(H,29,30). The SMILES string of the molecule is COc1ccc(CC(=O)O)cc1-c1ccc(OC)c2c1CN(OC(=O)OCc1ccccc1)CC2. The number of hydroxylamine groups is 2. The minimum absolute atomic E-state index is 0.0994. The molecule has 3 aromatic carbocycles. The highest BCUT2D eigenvalue weighted by atomic mass is 16.8. The van der Waals surface area contributed by atoms with Crippen LogP contribution in [0.5, 0.6) is 11.5 Å². The van der Waals surface area contributed by atoms with E-state index >= 15 is 0 Å². The molecule has 0 atom stereocenters. The number of ether oxygens (including phenoxy) is 3. The molecule has 0 spiro atoms. The first-order chi connectivity index (χ1) is 17.0. The third-order valence-corrected chi connectivity index (χ3v) is 5.87. The number of nitrogens with zero attached hydrogens (tertiary/aromatic N) is 1. The zero-order valence-corrected chi connectivity index (χ0v) is 19.7. The van der Waals surface area contributed by atoms with Crippen LogP contribution < -0.4 is 9.47 Å². The molecule has 0 saturated carbocycles. The van der Waals surface area contributed by atoms with Gasteiger partial charge < -0.3 is 24.2 Å². The summed E-state index contributed by atoms with van der Waals surface area (Å²) in [6, 6.07) is 18.5. The van der Waals surface area contributed by atoms with Crippen molar-refractivity contribution in [2.45, 2.75) is 26.0 Å². The quantitative estimate of drug-likeness (QED) is 0.470. The fraction of sp³-hybridized carbons (Fsp3) is 0.259. The van der Waals surface area contributed by atoms with Crippen molar-refractivity contribution in [3.63, 3.8) is 0 Å². The minimum atomic E-state index is -0.911. The molecule has 0 aliphatic carbocycles. The Morgan fingerprint density at radius 3 is 2.34 bits per heavy atom. The lowest BCUT2D eigenvalue weighted by Gasteiger charge is -2.30. The highest BCUT2D eigenvalue weighted by molar-refractivity contribution is 5.78. The molecule has 0 amide bonds. The Labute approximate surface area is 203 Å². The second kappa shape index (κ2) is 10.9. The Kier molecular flexibility index (Phi) is 7.52. The molecule has 1 aliphatic heterocycles. The summed E-state index contributed by atoms with van der Waals surface area (Å²) in [6.07, 6.45) is -0.282. The maximum absolute atomic E-state index is 12.3. The van der Waals surface area contributed by atoms with Crippen molar-refractivity contribution in [2.75, 3.05) is 20.8 Å². The van der Waals surface area contributed by atoms with Crippen LogP contribution in [0.3, 0.4) is 0 Å². The van der Waals surface area contributed by atoms with Gasteiger partial charge in [-0.2, -0.15) is 0 Å². The molecule has 35 heavy (non-hydrogen) atoms. The normalized spacial score (nSPS) is 13.0. The fourth-order valence-electron chi connectivity index (χ4n) is 4.24. The molecule has 1 heterocycles. The summed E-state index contributed by atoms with van der Waals surface area (Å²) in [6.45, 7) is 0.912. The highest BCUT2D eigenvalue weighted by Crippen LogP contribution is 2.40. The average molecular weight is 478 g/mol. The summed E-state index contributed by atoms with van der Waals surface area (Å²) in [5, 5.41) is 10.8. The molecule has 0 aromatic heterocycles. The van der Waals surface area contributed by atoms with Crippen molar-refractivity contribution in [3.05, 3.63) is 82.9 Å². The third-order valence-electron chi connectivity index (χ3n) is 5.87. The van der Waals surface area contributed by atoms with Crippen molar-refractivity contribution in [1.29, 1.82) is 0 Å². The van der Waals surface area contributed by atoms with E-state index in [-0.39, 0.29) is 13.0 Å². The Morgan fingerprint density at radius 2 is 1.63 bits per heavy atom. The number of hydrogen-bond donors (Lipinski definition) is 1. The van der Waals surface area contributed by atoms with Crippen molar-refractivity contribution in [3.8, 4) is 22.6 Å². The molecular weight excluding hydrogens is 450 g/mol. The summed E-state index contributed by atoms with van der Waals surface area (Å²) in [4.78, 5) is 29.1. The van der Waals surface area contributed by atoms with E-state index in [1.165, 1.54) is 0 Å². The maximum atomic E-state index is 12.3. The van der Waals surface area contributed by atoms with Crippen LogP contribution in [0, 0.1) is 0 Å². The topological polar surface area (TPSA) is 94.5 Å². The van der Waals surface area contributed by atoms with E-state index in [4.69, 9.17) is 19.0 Å². The van der Waals surface area contributed by atoms with Crippen LogP contribution in [-0.2, 0) is 40.4 Å². The molecule has 3 aromatic rings. The van der Waals surface area contributed by atoms with Crippen LogP contribution in [-0.4, -0.2) is 43.1 Å². The van der Waals surface area contributed by atoms with Gasteiger partial charge in [0, 0.05) is 17.7 Å². The summed E-state index contributed by atoms with van der Waals surface area (Å²) in [5.74, 6) is 0.453. The minimum Gasteiger partial charge on any atom is -0.496 e. The van der Waals surface area contributed by atoms with Gasteiger partial charge in [0.05, 0.1) is 27.2 Å². The first-order valence-electron chi connectivity index (χ1n) is 11.2. The number of fused-ring (bicyclic) bond motifs is 1. The van der Waals surface area contributed by atoms with Gasteiger partial charge in [0.2, 0.25) is 0 Å². The lowest BCUT2D eigenvalue weighted by molar-refractivity contribution is -0.139. The molecule has 0 saturated heterocycles. The smallest absolute Gasteiger partial charge is 0.496 e. The molecule has 0 bridgehead atoms. The first kappa shape index (κ1) is 24.1. The number of carbonyl (C=O) groups excluding carboxylic acids is 1. The van der Waals surface area contributed by atoms with Crippen LogP contribution in [0.1, 0.15) is 22.3 Å². The highest BCUT2D eigenvalue weighted by Gasteiger charge is 2.27. The Morgan fingerprint density at radius 1 is 0.886 bits per heavy atom. The van der Waals surface area contributed by atoms with Crippen molar-refractivity contribution >= 4 is 12.1 Å². The Hall–Kier alpha value is -4.04. The summed E-state index contributed by atoms with van der Waals surface area (Å²) in [5.41, 5.74) is 5.07. The molecule has 8 heteroatoms. The molecule has 4 rings (SSSR count). The number of hydrogen-bond acceptors (Lipinski definition) is 7. The zero-order chi connectivity index (χ0) is 24.8. The van der Waals surface area contributed by atoms with Gasteiger partial charge in [-0.15, -0.1) is 5.06 Å². The number of carboxylic acid groups (broad SMARTS) is 1. The molecule has 0 radical (unpaired) electrons. The van der Waals surface area contributed by atoms with Crippen molar-refractivity contribution in [1.82, 2.24) is 5.06 Å². The van der Waals surface area contributed by atoms with E-state index in [1.54, 1.807) is 31.4 Å². The number of carboxylic acids is 1. The van der Waals surface area contributed by atoms with Crippen LogP contribution in [0.2, 0.25) is 0 Å². The van der Waals surface area contributed by atoms with Crippen LogP contribution in [0.25, 0.3) is 11.1 Å². The third kappa shape index (κ3) is 5.73. The summed E-state index contributed by atoms with van der Waals surface area (Å²) in [7, 11) is 3.19. The molecule has 8 nitrogen and oxygen atoms in total. The number of aliphatic carboxylic acids is 1. The monoisotopic (exact) mass is 477 g/mol. The lowest BCUT2D eigenvalue weighted by Crippen LogP contribution is -2.33. The van der Waals surface area contributed by atoms with Crippen molar-refractivity contribution < 1.29 is 33.7 Å². The first-order valence-corrected chi connectivity index (χ1v) is 11.2. The van der Waals surface area contributed by atoms with Gasteiger partial charge in [-0.05, 0) is 46.9 Å². The van der Waals surface area contributed by atoms with Gasteiger partial charge in [-0.3, -0.25) is 4.79 Å². The van der Waals surface area contributed by atoms with Gasteiger partial charge in [0.15, 0.2) is 0 Å². The Bertz CT molecular complexity index is 1210. The van der Waals surface area contributed by atoms with E-state index < -0.39 is 12.1 Å². The lowest BCUT2D eigenvalue weighted by atomic mass is 9.89. The zero-order valence-electron chi connectivity index (χ0n) is 19.7. The number of methoxy groups -OCH3 is 2. The van der Waals surface area contributed by atoms with Crippen LogP contribution >= 0.6 is 0 Å². The second-order valence-corrected chi connectivity index (χ2v) is 8.11. The van der Waals surface area contributed by atoms with Gasteiger partial charge in [0.25, 0.3) is 0 Å². The second-order valence-electron chi connectivity index (χ2n) is 8.11. The van der Waals surface area contributed by atoms with E-state index in [2.05, 4.69) is 0 Å². The van der Waals surface area contributed by atoms with Gasteiger partial charge >= 0.3 is 12.1 Å². The van der Waals surface area contributed by atoms with Crippen molar-refractivity contribution in [2.24, 2.45) is 0 Å². The summed E-state index contributed by atoms with van der Waals surface area (Å²) >= 11 is 0. The average Bonchev–Trinajstić information content (AvgIpc) is 2.87. The molecule has 182 valence electrons. The summed E-state index contributed by atoms with van der Waals surface area (Å²) < 4.78 is 16.4. The van der Waals surface area contributed by atoms with E-state index in [0.29, 0.717) is 30.8 Å². The molecular formula is C27H27NO7. The van der Waals surface area contributed by atoms with Crippen LogP contribution in [0.15, 0.2) is 60.7 Å². The predicted octanol–water partition coefficient (Wildman–Crippen LogP) is 4.62. The number of benzene rings is 3. The van der Waals surface area contributed by atoms with Gasteiger partial charge in [-0.25, -0.2) is 4.79 Å². The maximum Gasteiger partial charge on any atom is 0.528 e. The largest absolute Gasteiger partial charge is 0.528 e. The molecule has 1 aliphatic rings. The van der Waals surface area contributed by atoms with E-state index in [1.807, 2.05) is 48.5 Å². The van der Waals surface area contributed by atoms with E-state index in [0.717, 1.165) is 33.6 Å². The predicted molar refractivity (Wildman–Crippen MR) is 128 cm³/mol. The van der Waals surface area contributed by atoms with E-state index in [9.17, 15) is 14.7 Å². The number of carbonyl (C=O) groups is 2. The number of rotatable bonds is 8. The molecule has 0 fully saturated rings. The molecule has 1 N–H and O–H groups in total. The van der Waals surface area contributed by atoms with Gasteiger partial charge in [-0.1, -0.05) is 42.5 Å². The Balaban J connectivity index is 1.59. The van der Waals surface area contributed by atoms with Crippen LogP contribution in [0.4, 0.5) is 4.79 Å².